The molecule has 2 aromatic rings. The second-order valence-electron chi connectivity index (χ2n) is 6.29. The SMILES string of the molecule is COCOc1cccc(S(=O)C(C)(C)C)c1SCc1ccccc1. The molecule has 0 aliphatic carbocycles. The predicted octanol–water partition coefficient (Wildman–Crippen LogP) is 4.87. The molecular weight excluding hydrogens is 340 g/mol. The molecule has 0 saturated heterocycles. The third kappa shape index (κ3) is 5.10. The maximum Gasteiger partial charge on any atom is 0.188 e. The molecular formula is C19H24O3S2. The van der Waals surface area contributed by atoms with E-state index in [1.165, 1.54) is 5.56 Å². The van der Waals surface area contributed by atoms with Gasteiger partial charge in [0.1, 0.15) is 5.75 Å². The van der Waals surface area contributed by atoms with Gasteiger partial charge in [-0.3, -0.25) is 4.21 Å². The standard InChI is InChI=1S/C19H24O3S2/c1-19(2,3)24(20)17-12-8-11-16(22-14-21-4)18(17)23-13-15-9-6-5-7-10-15/h5-12H,13-14H2,1-4H3. The van der Waals surface area contributed by atoms with Gasteiger partial charge in [0.25, 0.3) is 0 Å². The zero-order chi connectivity index (χ0) is 17.6. The zero-order valence-electron chi connectivity index (χ0n) is 14.6. The fourth-order valence-electron chi connectivity index (χ4n) is 2.08. The molecule has 0 aromatic heterocycles. The molecule has 1 atom stereocenters. The first-order valence-corrected chi connectivity index (χ1v) is 9.90. The lowest BCUT2D eigenvalue weighted by Gasteiger charge is -2.21. The quantitative estimate of drug-likeness (QED) is 0.519. The first kappa shape index (κ1) is 19.0. The molecule has 0 spiro atoms. The third-order valence-corrected chi connectivity index (χ3v) is 6.43. The third-order valence-electron chi connectivity index (χ3n) is 3.26. The minimum Gasteiger partial charge on any atom is -0.466 e. The van der Waals surface area contributed by atoms with E-state index >= 15 is 0 Å². The van der Waals surface area contributed by atoms with Crippen molar-refractivity contribution in [1.29, 1.82) is 0 Å². The van der Waals surface area contributed by atoms with Crippen LogP contribution in [0.15, 0.2) is 58.3 Å². The van der Waals surface area contributed by atoms with Gasteiger partial charge in [-0.1, -0.05) is 36.4 Å². The maximum atomic E-state index is 12.9. The molecule has 0 fully saturated rings. The molecule has 0 amide bonds. The van der Waals surface area contributed by atoms with Gasteiger partial charge in [0, 0.05) is 17.6 Å². The van der Waals surface area contributed by atoms with E-state index in [4.69, 9.17) is 9.47 Å². The molecule has 1 unspecified atom stereocenters. The number of hydrogen-bond donors (Lipinski definition) is 0. The first-order valence-electron chi connectivity index (χ1n) is 7.77. The summed E-state index contributed by atoms with van der Waals surface area (Å²) in [6.07, 6.45) is 0. The second kappa shape index (κ2) is 8.70. The van der Waals surface area contributed by atoms with Crippen LogP contribution < -0.4 is 4.74 Å². The Hall–Kier alpha value is -1.30. The predicted molar refractivity (Wildman–Crippen MR) is 101 cm³/mol. The van der Waals surface area contributed by atoms with Crippen molar-refractivity contribution >= 4 is 22.6 Å². The molecule has 5 heteroatoms. The molecule has 2 aromatic carbocycles. The molecule has 3 nitrogen and oxygen atoms in total. The Balaban J connectivity index is 2.34. The van der Waals surface area contributed by atoms with Gasteiger partial charge in [0.2, 0.25) is 0 Å². The van der Waals surface area contributed by atoms with Crippen LogP contribution in [0.5, 0.6) is 5.75 Å². The topological polar surface area (TPSA) is 35.5 Å². The summed E-state index contributed by atoms with van der Waals surface area (Å²) in [6, 6.07) is 15.9. The molecule has 0 N–H and O–H groups in total. The summed E-state index contributed by atoms with van der Waals surface area (Å²) in [5, 5.41) is 0. The van der Waals surface area contributed by atoms with E-state index in [0.717, 1.165) is 15.5 Å². The van der Waals surface area contributed by atoms with Gasteiger partial charge in [-0.2, -0.15) is 0 Å². The van der Waals surface area contributed by atoms with Crippen molar-refractivity contribution in [3.05, 3.63) is 54.1 Å². The number of methoxy groups -OCH3 is 1. The van der Waals surface area contributed by atoms with Gasteiger partial charge >= 0.3 is 0 Å². The summed E-state index contributed by atoms with van der Waals surface area (Å²) in [5.41, 5.74) is 1.22. The summed E-state index contributed by atoms with van der Waals surface area (Å²) >= 11 is 1.65. The van der Waals surface area contributed by atoms with Gasteiger partial charge in [-0.15, -0.1) is 11.8 Å². The fourth-order valence-corrected chi connectivity index (χ4v) is 4.60. The van der Waals surface area contributed by atoms with Gasteiger partial charge in [0.05, 0.1) is 20.6 Å². The highest BCUT2D eigenvalue weighted by atomic mass is 32.2. The Kier molecular flexibility index (Phi) is 6.90. The van der Waals surface area contributed by atoms with Crippen molar-refractivity contribution in [2.45, 2.75) is 41.1 Å². The molecule has 0 bridgehead atoms. The first-order chi connectivity index (χ1) is 11.4. The highest BCUT2D eigenvalue weighted by molar-refractivity contribution is 7.99. The van der Waals surface area contributed by atoms with Crippen molar-refractivity contribution in [2.24, 2.45) is 0 Å². The van der Waals surface area contributed by atoms with Crippen LogP contribution in [0.25, 0.3) is 0 Å². The van der Waals surface area contributed by atoms with E-state index < -0.39 is 10.8 Å². The van der Waals surface area contributed by atoms with E-state index in [2.05, 4.69) is 12.1 Å². The average Bonchev–Trinajstić information content (AvgIpc) is 2.57. The van der Waals surface area contributed by atoms with Crippen LogP contribution in [0.3, 0.4) is 0 Å². The Labute approximate surface area is 151 Å². The lowest BCUT2D eigenvalue weighted by Crippen LogP contribution is -2.22. The van der Waals surface area contributed by atoms with Gasteiger partial charge in [-0.05, 0) is 38.5 Å². The molecule has 0 aliphatic rings. The van der Waals surface area contributed by atoms with Crippen LogP contribution in [0.4, 0.5) is 0 Å². The Morgan fingerprint density at radius 3 is 2.38 bits per heavy atom. The van der Waals surface area contributed by atoms with E-state index in [0.29, 0.717) is 5.75 Å². The summed E-state index contributed by atoms with van der Waals surface area (Å²) in [5.74, 6) is 1.51. The van der Waals surface area contributed by atoms with Crippen molar-refractivity contribution in [2.75, 3.05) is 13.9 Å². The van der Waals surface area contributed by atoms with E-state index in [1.807, 2.05) is 57.2 Å². The molecule has 2 rings (SSSR count). The normalized spacial score (nSPS) is 12.8. The minimum absolute atomic E-state index is 0.171. The molecule has 130 valence electrons. The lowest BCUT2D eigenvalue weighted by atomic mass is 10.2. The van der Waals surface area contributed by atoms with Crippen LogP contribution in [0, 0.1) is 0 Å². The van der Waals surface area contributed by atoms with Crippen LogP contribution >= 0.6 is 11.8 Å². The molecule has 0 heterocycles. The fraction of sp³-hybridized carbons (Fsp3) is 0.368. The number of hydrogen-bond acceptors (Lipinski definition) is 4. The smallest absolute Gasteiger partial charge is 0.188 e. The van der Waals surface area contributed by atoms with Crippen molar-refractivity contribution in [3.63, 3.8) is 0 Å². The van der Waals surface area contributed by atoms with Crippen LogP contribution in [0.1, 0.15) is 26.3 Å². The lowest BCUT2D eigenvalue weighted by molar-refractivity contribution is 0.0488. The summed E-state index contributed by atoms with van der Waals surface area (Å²) in [6.45, 7) is 6.12. The highest BCUT2D eigenvalue weighted by Gasteiger charge is 2.25. The Morgan fingerprint density at radius 2 is 1.75 bits per heavy atom. The van der Waals surface area contributed by atoms with E-state index in [-0.39, 0.29) is 11.5 Å². The van der Waals surface area contributed by atoms with Crippen molar-refractivity contribution < 1.29 is 13.7 Å². The van der Waals surface area contributed by atoms with Crippen LogP contribution in [-0.2, 0) is 21.3 Å². The minimum atomic E-state index is -1.13. The molecule has 0 saturated carbocycles. The van der Waals surface area contributed by atoms with Crippen LogP contribution in [-0.4, -0.2) is 22.9 Å². The number of benzene rings is 2. The number of thioether (sulfide) groups is 1. The van der Waals surface area contributed by atoms with Crippen molar-refractivity contribution in [3.8, 4) is 5.75 Å². The monoisotopic (exact) mass is 364 g/mol. The zero-order valence-corrected chi connectivity index (χ0v) is 16.2. The Bertz CT molecular complexity index is 679. The summed E-state index contributed by atoms with van der Waals surface area (Å²) in [4.78, 5) is 1.74. The van der Waals surface area contributed by atoms with Gasteiger partial charge in [-0.25, -0.2) is 0 Å². The molecule has 0 radical (unpaired) electrons. The Morgan fingerprint density at radius 1 is 1.04 bits per heavy atom. The van der Waals surface area contributed by atoms with E-state index in [1.54, 1.807) is 18.9 Å². The number of rotatable bonds is 7. The largest absolute Gasteiger partial charge is 0.466 e. The van der Waals surface area contributed by atoms with Gasteiger partial charge < -0.3 is 9.47 Å². The van der Waals surface area contributed by atoms with E-state index in [9.17, 15) is 4.21 Å². The van der Waals surface area contributed by atoms with Gasteiger partial charge in [0.15, 0.2) is 6.79 Å². The van der Waals surface area contributed by atoms with Crippen LogP contribution in [0.2, 0.25) is 0 Å². The maximum absolute atomic E-state index is 12.9. The second-order valence-corrected chi connectivity index (χ2v) is 9.48. The average molecular weight is 365 g/mol. The number of ether oxygens (including phenoxy) is 2. The molecule has 24 heavy (non-hydrogen) atoms. The summed E-state index contributed by atoms with van der Waals surface area (Å²) in [7, 11) is 0.464. The highest BCUT2D eigenvalue weighted by Crippen LogP contribution is 2.38. The molecule has 0 aliphatic heterocycles. The van der Waals surface area contributed by atoms with Crippen molar-refractivity contribution in [1.82, 2.24) is 0 Å². The summed E-state index contributed by atoms with van der Waals surface area (Å²) < 4.78 is 23.3.